The van der Waals surface area contributed by atoms with E-state index in [0.29, 0.717) is 11.4 Å². The third kappa shape index (κ3) is 3.43. The molecule has 0 aromatic carbocycles. The van der Waals surface area contributed by atoms with Gasteiger partial charge in [-0.05, 0) is 37.6 Å². The van der Waals surface area contributed by atoms with E-state index in [9.17, 15) is 13.2 Å². The van der Waals surface area contributed by atoms with E-state index in [1.165, 1.54) is 38.6 Å². The topological polar surface area (TPSA) is 134 Å². The predicted molar refractivity (Wildman–Crippen MR) is 113 cm³/mol. The molecule has 3 N–H and O–H groups in total. The van der Waals surface area contributed by atoms with Crippen LogP contribution in [0.2, 0.25) is 0 Å². The number of halogens is 1. The van der Waals surface area contributed by atoms with Crippen molar-refractivity contribution in [3.05, 3.63) is 47.7 Å². The highest BCUT2D eigenvalue weighted by molar-refractivity contribution is 7.90. The normalized spacial score (nSPS) is 31.2. The summed E-state index contributed by atoms with van der Waals surface area (Å²) in [5, 5.41) is 12.6. The SMILES string of the molecule is COc1ccc(C(=O)NC2=CC=C(F)C([C@]34CO[C@H](C)[C@H]3S(=O)(=O)N(C)C(=N)N4)C2)nc1. The van der Waals surface area contributed by atoms with Gasteiger partial charge in [-0.2, -0.15) is 0 Å². The number of aromatic nitrogens is 1. The standard InChI is InChI=1S/C20H24FN5O5S/c1-11-17-20(10-31-11,25-19(22)26(2)32(17,28)29)14-8-12(4-6-15(14)21)24-18(27)16-7-5-13(30-3)9-23-16/h4-7,9,11,14,17H,8,10H2,1-3H3,(H2,22,25)(H,24,27)/t11-,14?,17-,20-/m1/s1. The lowest BCUT2D eigenvalue weighted by Crippen LogP contribution is -2.72. The number of nitrogens with zero attached hydrogens (tertiary/aromatic N) is 2. The summed E-state index contributed by atoms with van der Waals surface area (Å²) in [6, 6.07) is 3.10. The molecule has 12 heteroatoms. The number of sulfonamides is 1. The summed E-state index contributed by atoms with van der Waals surface area (Å²) < 4.78 is 52.8. The second-order valence-corrected chi connectivity index (χ2v) is 10.1. The summed E-state index contributed by atoms with van der Waals surface area (Å²) in [5.74, 6) is -1.86. The Labute approximate surface area is 185 Å². The fourth-order valence-corrected chi connectivity index (χ4v) is 6.53. The van der Waals surface area contributed by atoms with Crippen LogP contribution in [0.1, 0.15) is 23.8 Å². The number of methoxy groups -OCH3 is 1. The van der Waals surface area contributed by atoms with E-state index in [1.807, 2.05) is 0 Å². The third-order valence-corrected chi connectivity index (χ3v) is 8.58. The van der Waals surface area contributed by atoms with Gasteiger partial charge in [-0.3, -0.25) is 10.2 Å². The molecule has 172 valence electrons. The van der Waals surface area contributed by atoms with Crippen molar-refractivity contribution in [3.8, 4) is 5.75 Å². The van der Waals surface area contributed by atoms with E-state index >= 15 is 4.39 Å². The molecule has 4 atom stereocenters. The van der Waals surface area contributed by atoms with E-state index in [0.717, 1.165) is 4.31 Å². The monoisotopic (exact) mass is 465 g/mol. The molecule has 1 aromatic heterocycles. The fourth-order valence-electron chi connectivity index (χ4n) is 4.50. The first-order valence-corrected chi connectivity index (χ1v) is 11.4. The Kier molecular flexibility index (Phi) is 5.45. The number of amides is 1. The van der Waals surface area contributed by atoms with E-state index in [1.54, 1.807) is 13.0 Å². The van der Waals surface area contributed by atoms with Crippen LogP contribution in [0.25, 0.3) is 0 Å². The number of hydrogen-bond acceptors (Lipinski definition) is 7. The number of pyridine rings is 1. The Hall–Kier alpha value is -2.99. The van der Waals surface area contributed by atoms with Gasteiger partial charge in [0.05, 0.1) is 31.6 Å². The Morgan fingerprint density at radius 3 is 2.84 bits per heavy atom. The van der Waals surface area contributed by atoms with Crippen LogP contribution >= 0.6 is 0 Å². The maximum Gasteiger partial charge on any atom is 0.274 e. The smallest absolute Gasteiger partial charge is 0.274 e. The number of ether oxygens (including phenoxy) is 2. The van der Waals surface area contributed by atoms with Crippen LogP contribution in [0.4, 0.5) is 4.39 Å². The zero-order chi connectivity index (χ0) is 23.3. The molecule has 1 amide bonds. The molecular weight excluding hydrogens is 441 g/mol. The molecule has 2 aliphatic heterocycles. The van der Waals surface area contributed by atoms with Crippen molar-refractivity contribution in [2.24, 2.45) is 5.92 Å². The Morgan fingerprint density at radius 2 is 2.19 bits per heavy atom. The molecule has 10 nitrogen and oxygen atoms in total. The summed E-state index contributed by atoms with van der Waals surface area (Å²) in [5.41, 5.74) is -0.837. The van der Waals surface area contributed by atoms with Crippen molar-refractivity contribution in [3.63, 3.8) is 0 Å². The van der Waals surface area contributed by atoms with Crippen LogP contribution < -0.4 is 15.4 Å². The zero-order valence-electron chi connectivity index (χ0n) is 17.8. The maximum atomic E-state index is 15.1. The number of guanidine groups is 1. The molecule has 2 fully saturated rings. The van der Waals surface area contributed by atoms with Gasteiger partial charge >= 0.3 is 0 Å². The van der Waals surface area contributed by atoms with Crippen LogP contribution in [-0.2, 0) is 14.8 Å². The molecule has 1 aliphatic carbocycles. The summed E-state index contributed by atoms with van der Waals surface area (Å²) in [6.45, 7) is 1.52. The quantitative estimate of drug-likeness (QED) is 0.602. The average Bonchev–Trinajstić information content (AvgIpc) is 3.11. The Balaban J connectivity index is 1.61. The van der Waals surface area contributed by atoms with E-state index in [-0.39, 0.29) is 24.7 Å². The number of carbonyl (C=O) groups excluding carboxylic acids is 1. The molecule has 2 saturated heterocycles. The van der Waals surface area contributed by atoms with Gasteiger partial charge in [0, 0.05) is 18.7 Å². The molecule has 0 spiro atoms. The second kappa shape index (κ2) is 7.85. The van der Waals surface area contributed by atoms with Crippen LogP contribution in [0, 0.1) is 11.3 Å². The van der Waals surface area contributed by atoms with E-state index in [4.69, 9.17) is 14.9 Å². The number of fused-ring (bicyclic) bond motifs is 1. The van der Waals surface area contributed by atoms with E-state index < -0.39 is 44.6 Å². The lowest BCUT2D eigenvalue weighted by molar-refractivity contribution is 0.0951. The van der Waals surface area contributed by atoms with Crippen molar-refractivity contribution in [2.45, 2.75) is 30.2 Å². The highest BCUT2D eigenvalue weighted by atomic mass is 32.2. The predicted octanol–water partition coefficient (Wildman–Crippen LogP) is 0.903. The molecule has 3 aliphatic rings. The van der Waals surface area contributed by atoms with Gasteiger partial charge in [-0.15, -0.1) is 0 Å². The first-order valence-electron chi connectivity index (χ1n) is 9.94. The van der Waals surface area contributed by atoms with E-state index in [2.05, 4.69) is 15.6 Å². The first kappa shape index (κ1) is 22.2. The third-order valence-electron chi connectivity index (χ3n) is 6.19. The summed E-state index contributed by atoms with van der Waals surface area (Å²) in [6.07, 6.45) is 3.36. The maximum absolute atomic E-state index is 15.1. The number of nitrogens with one attached hydrogen (secondary N) is 3. The van der Waals surface area contributed by atoms with Crippen LogP contribution in [-0.4, -0.2) is 67.2 Å². The zero-order valence-corrected chi connectivity index (χ0v) is 18.6. The fraction of sp³-hybridized carbons (Fsp3) is 0.450. The Morgan fingerprint density at radius 1 is 1.44 bits per heavy atom. The van der Waals surface area contributed by atoms with Gasteiger partial charge in [0.25, 0.3) is 5.91 Å². The minimum atomic E-state index is -3.96. The van der Waals surface area contributed by atoms with Crippen LogP contribution in [0.5, 0.6) is 5.75 Å². The molecular formula is C20H24FN5O5S. The van der Waals surface area contributed by atoms with Gasteiger partial charge in [-0.1, -0.05) is 0 Å². The minimum absolute atomic E-state index is 0.0102. The van der Waals surface area contributed by atoms with Crippen molar-refractivity contribution >= 4 is 21.9 Å². The lowest BCUT2D eigenvalue weighted by Gasteiger charge is -2.48. The molecule has 1 aromatic rings. The van der Waals surface area contributed by atoms with Crippen molar-refractivity contribution in [2.75, 3.05) is 20.8 Å². The van der Waals surface area contributed by atoms with Crippen molar-refractivity contribution < 1.29 is 27.1 Å². The summed E-state index contributed by atoms with van der Waals surface area (Å²) in [7, 11) is -1.19. The molecule has 32 heavy (non-hydrogen) atoms. The summed E-state index contributed by atoms with van der Waals surface area (Å²) in [4.78, 5) is 16.6. The molecule has 0 radical (unpaired) electrons. The Bertz CT molecular complexity index is 1120. The van der Waals surface area contributed by atoms with Crippen molar-refractivity contribution in [1.29, 1.82) is 5.41 Å². The lowest BCUT2D eigenvalue weighted by atomic mass is 9.76. The average molecular weight is 466 g/mol. The van der Waals surface area contributed by atoms with Gasteiger partial charge in [0.1, 0.15) is 22.5 Å². The number of rotatable bonds is 4. The van der Waals surface area contributed by atoms with Crippen molar-refractivity contribution in [1.82, 2.24) is 19.9 Å². The highest BCUT2D eigenvalue weighted by Gasteiger charge is 2.64. The number of hydrogen-bond donors (Lipinski definition) is 3. The number of allylic oxidation sites excluding steroid dienone is 3. The van der Waals surface area contributed by atoms with Gasteiger partial charge in [0.2, 0.25) is 16.0 Å². The molecule has 0 saturated carbocycles. The van der Waals surface area contributed by atoms with Crippen LogP contribution in [0.3, 0.4) is 0 Å². The largest absolute Gasteiger partial charge is 0.495 e. The van der Waals surface area contributed by atoms with Gasteiger partial charge in [-0.25, -0.2) is 22.1 Å². The first-order chi connectivity index (χ1) is 15.1. The van der Waals surface area contributed by atoms with Gasteiger partial charge in [0.15, 0.2) is 0 Å². The number of carbonyl (C=O) groups is 1. The summed E-state index contributed by atoms with van der Waals surface area (Å²) >= 11 is 0. The van der Waals surface area contributed by atoms with Gasteiger partial charge < -0.3 is 20.1 Å². The molecule has 1 unspecified atom stereocenters. The molecule has 3 heterocycles. The minimum Gasteiger partial charge on any atom is -0.495 e. The highest BCUT2D eigenvalue weighted by Crippen LogP contribution is 2.46. The molecule has 4 rings (SSSR count). The molecule has 0 bridgehead atoms. The second-order valence-electron chi connectivity index (χ2n) is 8.00. The van der Waals surface area contributed by atoms with Crippen LogP contribution in [0.15, 0.2) is 42.0 Å².